The molecule has 0 amide bonds. The summed E-state index contributed by atoms with van der Waals surface area (Å²) in [5, 5.41) is 17.7. The van der Waals surface area contributed by atoms with Crippen molar-refractivity contribution >= 4 is 23.9 Å². The second-order valence-corrected chi connectivity index (χ2v) is 27.1. The third kappa shape index (κ3) is 11.8. The number of hydrogen-bond acceptors (Lipinski definition) is 6. The Labute approximate surface area is 425 Å². The number of fused-ring (bicyclic) bond motifs is 10. The van der Waals surface area contributed by atoms with E-state index in [0.29, 0.717) is 10.8 Å². The number of hydrogen-bond donors (Lipinski definition) is 2. The van der Waals surface area contributed by atoms with Crippen molar-refractivity contribution in [3.63, 3.8) is 0 Å². The molecular formula is C62H100O8. The maximum absolute atomic E-state index is 12.1. The van der Waals surface area contributed by atoms with Gasteiger partial charge in [-0.3, -0.25) is 19.2 Å². The van der Waals surface area contributed by atoms with Gasteiger partial charge in [-0.25, -0.2) is 0 Å². The van der Waals surface area contributed by atoms with Gasteiger partial charge < -0.3 is 19.7 Å². The standard InChI is InChI=1S/2C31H50O4/c2*1-20(2)7-6-8-21(3)25-11-12-26-24-10-9-22-19-23(35-29(34)14-13-28(32)33)15-17-30(22,4)27(24)16-18-31(25,26)5/h2*9,20-21,23-27H,6-8,10-19H2,1-5H3,(H,32,33)/t2*21-,23?,24?,25-,26?,27?,30+,31-/m11/s1. The zero-order chi connectivity index (χ0) is 50.8. The zero-order valence-corrected chi connectivity index (χ0v) is 46.0. The third-order valence-corrected chi connectivity index (χ3v) is 22.2. The fourth-order valence-corrected chi connectivity index (χ4v) is 18.4. The van der Waals surface area contributed by atoms with Gasteiger partial charge in [0.05, 0.1) is 25.7 Å². The van der Waals surface area contributed by atoms with Crippen LogP contribution in [0, 0.1) is 92.7 Å². The molecule has 8 heteroatoms. The number of carbonyl (C=O) groups excluding carboxylic acids is 2. The highest BCUT2D eigenvalue weighted by Gasteiger charge is 2.61. The normalized spacial score (nSPS) is 39.3. The lowest BCUT2D eigenvalue weighted by Crippen LogP contribution is -2.51. The lowest BCUT2D eigenvalue weighted by molar-refractivity contribution is -0.154. The van der Waals surface area contributed by atoms with Crippen LogP contribution in [0.25, 0.3) is 0 Å². The SMILES string of the molecule is CC(C)CCC[C@@H](C)[C@H]1CCC2C3CC=C4CC(OC(=O)CCC(=O)O)CC[C@]4(C)C3CC[C@@]21C.CC(C)CCC[C@@H](C)[C@H]1CCC2C3CC=C4CC(OC(=O)CCC(=O)O)CC[C@]4(C)C3CC[C@@]21C. The summed E-state index contributed by atoms with van der Waals surface area (Å²) in [6.45, 7) is 24.8. The second-order valence-electron chi connectivity index (χ2n) is 27.1. The summed E-state index contributed by atoms with van der Waals surface area (Å²) >= 11 is 0. The number of aliphatic carboxylic acids is 2. The predicted octanol–water partition coefficient (Wildman–Crippen LogP) is 15.6. The van der Waals surface area contributed by atoms with Crippen LogP contribution < -0.4 is 0 Å². The summed E-state index contributed by atoms with van der Waals surface area (Å²) in [7, 11) is 0. The van der Waals surface area contributed by atoms with Gasteiger partial charge in [0.1, 0.15) is 12.2 Å². The summed E-state index contributed by atoms with van der Waals surface area (Å²) in [5.74, 6) is 7.37. The molecule has 8 rings (SSSR count). The van der Waals surface area contributed by atoms with Gasteiger partial charge in [-0.15, -0.1) is 0 Å². The van der Waals surface area contributed by atoms with E-state index < -0.39 is 11.9 Å². The maximum atomic E-state index is 12.1. The number of carboxylic acid groups (broad SMARTS) is 2. The number of ether oxygens (including phenoxy) is 2. The van der Waals surface area contributed by atoms with Gasteiger partial charge in [0, 0.05) is 12.8 Å². The molecule has 0 spiro atoms. The average Bonchev–Trinajstić information content (AvgIpc) is 3.85. The van der Waals surface area contributed by atoms with Crippen LogP contribution in [0.3, 0.4) is 0 Å². The fraction of sp³-hybridized carbons (Fsp3) is 0.871. The molecule has 0 saturated heterocycles. The molecule has 2 N–H and O–H groups in total. The van der Waals surface area contributed by atoms with Crippen molar-refractivity contribution in [3.05, 3.63) is 23.3 Å². The van der Waals surface area contributed by atoms with Crippen molar-refractivity contribution in [2.45, 2.75) is 248 Å². The van der Waals surface area contributed by atoms with E-state index in [1.165, 1.54) is 114 Å². The monoisotopic (exact) mass is 973 g/mol. The smallest absolute Gasteiger partial charge is 0.306 e. The average molecular weight is 973 g/mol. The van der Waals surface area contributed by atoms with E-state index >= 15 is 0 Å². The van der Waals surface area contributed by atoms with Gasteiger partial charge in [0.15, 0.2) is 0 Å². The number of carbonyl (C=O) groups is 4. The Morgan fingerprint density at radius 2 is 0.900 bits per heavy atom. The van der Waals surface area contributed by atoms with Gasteiger partial charge in [-0.2, -0.15) is 0 Å². The highest BCUT2D eigenvalue weighted by molar-refractivity contribution is 5.77. The van der Waals surface area contributed by atoms with Crippen LogP contribution in [0.5, 0.6) is 0 Å². The van der Waals surface area contributed by atoms with Gasteiger partial charge in [0.2, 0.25) is 0 Å². The molecule has 0 aliphatic heterocycles. The third-order valence-electron chi connectivity index (χ3n) is 22.2. The summed E-state index contributed by atoms with van der Waals surface area (Å²) in [6, 6.07) is 0. The van der Waals surface area contributed by atoms with E-state index in [2.05, 4.69) is 81.4 Å². The molecule has 6 saturated carbocycles. The molecule has 16 atom stereocenters. The van der Waals surface area contributed by atoms with Crippen molar-refractivity contribution < 1.29 is 38.9 Å². The van der Waals surface area contributed by atoms with Gasteiger partial charge >= 0.3 is 23.9 Å². The van der Waals surface area contributed by atoms with E-state index in [4.69, 9.17) is 19.7 Å². The van der Waals surface area contributed by atoms with Crippen molar-refractivity contribution in [2.75, 3.05) is 0 Å². The molecule has 0 aromatic carbocycles. The van der Waals surface area contributed by atoms with Crippen molar-refractivity contribution in [1.29, 1.82) is 0 Å². The van der Waals surface area contributed by atoms with Gasteiger partial charge in [0.25, 0.3) is 0 Å². The quantitative estimate of drug-likeness (QED) is 0.103. The topological polar surface area (TPSA) is 127 Å². The number of esters is 2. The van der Waals surface area contributed by atoms with E-state index in [1.807, 2.05) is 0 Å². The van der Waals surface area contributed by atoms with Gasteiger partial charge in [-0.05, 0) is 183 Å². The van der Waals surface area contributed by atoms with Crippen LogP contribution in [0.4, 0.5) is 0 Å². The first kappa shape index (κ1) is 55.1. The van der Waals surface area contributed by atoms with Crippen molar-refractivity contribution in [2.24, 2.45) is 92.7 Å². The number of allylic oxidation sites excluding steroid dienone is 2. The first-order valence-electron chi connectivity index (χ1n) is 29.3. The van der Waals surface area contributed by atoms with Crippen molar-refractivity contribution in [1.82, 2.24) is 0 Å². The molecule has 396 valence electrons. The zero-order valence-electron chi connectivity index (χ0n) is 46.0. The molecule has 0 radical (unpaired) electrons. The Hall–Kier alpha value is -2.64. The molecule has 6 fully saturated rings. The summed E-state index contributed by atoms with van der Waals surface area (Å²) in [5.41, 5.74) is 4.54. The lowest BCUT2D eigenvalue weighted by Gasteiger charge is -2.58. The number of rotatable bonds is 18. The Kier molecular flexibility index (Phi) is 18.0. The maximum Gasteiger partial charge on any atom is 0.306 e. The molecule has 8 aliphatic rings. The molecule has 8 aliphatic carbocycles. The number of carboxylic acids is 2. The van der Waals surface area contributed by atoms with E-state index in [9.17, 15) is 19.2 Å². The highest BCUT2D eigenvalue weighted by Crippen LogP contribution is 2.69. The molecule has 0 aromatic heterocycles. The van der Waals surface area contributed by atoms with Crippen LogP contribution in [0.15, 0.2) is 23.3 Å². The van der Waals surface area contributed by atoms with Crippen LogP contribution in [-0.2, 0) is 28.7 Å². The molecular weight excluding hydrogens is 873 g/mol. The highest BCUT2D eigenvalue weighted by atomic mass is 16.5. The lowest BCUT2D eigenvalue weighted by atomic mass is 9.47. The molecule has 8 nitrogen and oxygen atoms in total. The molecule has 0 bridgehead atoms. The Balaban J connectivity index is 0.000000206. The second kappa shape index (κ2) is 22.9. The van der Waals surface area contributed by atoms with E-state index in [0.717, 1.165) is 110 Å². The minimum Gasteiger partial charge on any atom is -0.481 e. The van der Waals surface area contributed by atoms with Crippen molar-refractivity contribution in [3.8, 4) is 0 Å². The van der Waals surface area contributed by atoms with Crippen LogP contribution in [0.2, 0.25) is 0 Å². The van der Waals surface area contributed by atoms with Gasteiger partial charge in [-0.1, -0.05) is 131 Å². The van der Waals surface area contributed by atoms with E-state index in [1.54, 1.807) is 0 Å². The van der Waals surface area contributed by atoms with E-state index in [-0.39, 0.29) is 60.7 Å². The minimum absolute atomic E-state index is 0.0236. The largest absolute Gasteiger partial charge is 0.481 e. The first-order valence-corrected chi connectivity index (χ1v) is 29.3. The summed E-state index contributed by atoms with van der Waals surface area (Å²) < 4.78 is 11.4. The predicted molar refractivity (Wildman–Crippen MR) is 280 cm³/mol. The first-order chi connectivity index (χ1) is 33.1. The Morgan fingerprint density at radius 3 is 1.26 bits per heavy atom. The molecule has 70 heavy (non-hydrogen) atoms. The Bertz CT molecular complexity index is 1760. The fourth-order valence-electron chi connectivity index (χ4n) is 18.4. The van der Waals surface area contributed by atoms with Crippen LogP contribution >= 0.6 is 0 Å². The molecule has 8 unspecified atom stereocenters. The molecule has 0 heterocycles. The summed E-state index contributed by atoms with van der Waals surface area (Å²) in [4.78, 5) is 45.8. The minimum atomic E-state index is -0.942. The molecule has 0 aromatic rings. The summed E-state index contributed by atoms with van der Waals surface area (Å²) in [6.07, 6.45) is 32.1. The van der Waals surface area contributed by atoms with Crippen LogP contribution in [0.1, 0.15) is 236 Å². The van der Waals surface area contributed by atoms with Crippen LogP contribution in [-0.4, -0.2) is 46.3 Å². The Morgan fingerprint density at radius 1 is 0.514 bits per heavy atom.